The normalized spacial score (nSPS) is 24.1. The molecule has 3 heteroatoms. The van der Waals surface area contributed by atoms with E-state index in [1.165, 1.54) is 48.9 Å². The highest BCUT2D eigenvalue weighted by Gasteiger charge is 2.61. The van der Waals surface area contributed by atoms with E-state index in [0.717, 1.165) is 56.3 Å². The number of anilines is 3. The summed E-state index contributed by atoms with van der Waals surface area (Å²) in [7, 11) is 0. The molecule has 0 saturated heterocycles. The summed E-state index contributed by atoms with van der Waals surface area (Å²) in [5, 5.41) is 11.6. The highest BCUT2D eigenvalue weighted by Crippen LogP contribution is 2.69. The SMILES string of the molecule is N#Cc1ccc(-c2ccc(N(c3ccc4c(c3)C3(c5ccccc5-4)C4CC5CC(C4)CC3C5)c3cccc4oc5ccccc5c34)cc2)cc1. The summed E-state index contributed by atoms with van der Waals surface area (Å²) in [6.45, 7) is 0. The zero-order valence-corrected chi connectivity index (χ0v) is 27.8. The summed E-state index contributed by atoms with van der Waals surface area (Å²) in [6, 6.07) is 50.6. The van der Waals surface area contributed by atoms with Gasteiger partial charge in [0.1, 0.15) is 11.2 Å². The number of hydrogen-bond acceptors (Lipinski definition) is 3. The van der Waals surface area contributed by atoms with Crippen molar-refractivity contribution < 1.29 is 4.42 Å². The van der Waals surface area contributed by atoms with E-state index >= 15 is 0 Å². The van der Waals surface area contributed by atoms with Gasteiger partial charge in [-0.25, -0.2) is 0 Å². The fourth-order valence-electron chi connectivity index (χ4n) is 11.2. The standard InChI is InChI=1S/C47H36N2O/c48-28-29-12-14-32(15-13-29)33-16-18-36(19-17-33)49(43-9-5-11-45-46(43)40-7-2-4-10-44(40)50-45)37-20-21-39-38-6-1-3-8-41(38)47(42(39)27-37)34-23-30-22-31(25-34)26-35(47)24-30/h1-21,27,30-31,34-35H,22-26H2. The van der Waals surface area contributed by atoms with Crippen LogP contribution in [0.25, 0.3) is 44.2 Å². The first-order valence-corrected chi connectivity index (χ1v) is 18.2. The molecule has 4 bridgehead atoms. The molecule has 4 saturated carbocycles. The van der Waals surface area contributed by atoms with Crippen LogP contribution in [0.15, 0.2) is 138 Å². The molecule has 50 heavy (non-hydrogen) atoms. The van der Waals surface area contributed by atoms with Gasteiger partial charge in [-0.3, -0.25) is 0 Å². The highest BCUT2D eigenvalue weighted by molar-refractivity contribution is 6.13. The molecule has 4 fully saturated rings. The van der Waals surface area contributed by atoms with Crippen molar-refractivity contribution in [3.8, 4) is 28.3 Å². The second-order valence-corrected chi connectivity index (χ2v) is 15.3. The maximum absolute atomic E-state index is 9.33. The van der Waals surface area contributed by atoms with E-state index in [2.05, 4.69) is 114 Å². The van der Waals surface area contributed by atoms with Crippen LogP contribution in [0.4, 0.5) is 17.1 Å². The predicted octanol–water partition coefficient (Wildman–Crippen LogP) is 12.3. The van der Waals surface area contributed by atoms with Crippen molar-refractivity contribution in [3.63, 3.8) is 0 Å². The second-order valence-electron chi connectivity index (χ2n) is 15.3. The van der Waals surface area contributed by atoms with Crippen LogP contribution in [0.2, 0.25) is 0 Å². The minimum atomic E-state index is 0.0921. The molecule has 0 atom stereocenters. The Kier molecular flexibility index (Phi) is 5.91. The van der Waals surface area contributed by atoms with Crippen LogP contribution in [0.5, 0.6) is 0 Å². The lowest BCUT2D eigenvalue weighted by molar-refractivity contribution is -0.0399. The molecule has 0 N–H and O–H groups in total. The number of rotatable bonds is 4. The van der Waals surface area contributed by atoms with Gasteiger partial charge in [0.25, 0.3) is 0 Å². The van der Waals surface area contributed by atoms with Crippen LogP contribution in [0.1, 0.15) is 48.8 Å². The van der Waals surface area contributed by atoms with Gasteiger partial charge in [-0.05, 0) is 144 Å². The van der Waals surface area contributed by atoms with Gasteiger partial charge in [0, 0.05) is 22.2 Å². The molecule has 6 aromatic carbocycles. The zero-order valence-electron chi connectivity index (χ0n) is 27.8. The lowest BCUT2D eigenvalue weighted by atomic mass is 9.43. The van der Waals surface area contributed by atoms with Crippen molar-refractivity contribution in [2.24, 2.45) is 23.7 Å². The summed E-state index contributed by atoms with van der Waals surface area (Å²) in [5.74, 6) is 3.22. The topological polar surface area (TPSA) is 40.2 Å². The monoisotopic (exact) mass is 644 g/mol. The van der Waals surface area contributed by atoms with Gasteiger partial charge in [0.05, 0.1) is 22.7 Å². The molecule has 12 rings (SSSR count). The van der Waals surface area contributed by atoms with Crippen LogP contribution in [0.3, 0.4) is 0 Å². The maximum Gasteiger partial charge on any atom is 0.137 e. The Morgan fingerprint density at radius 3 is 1.98 bits per heavy atom. The third kappa shape index (κ3) is 3.85. The Bertz CT molecular complexity index is 2490. The van der Waals surface area contributed by atoms with Crippen LogP contribution in [0, 0.1) is 35.0 Å². The van der Waals surface area contributed by atoms with E-state index in [9.17, 15) is 5.26 Å². The van der Waals surface area contributed by atoms with Crippen LogP contribution < -0.4 is 4.90 Å². The summed E-state index contributed by atoms with van der Waals surface area (Å²) < 4.78 is 6.43. The molecule has 5 aliphatic carbocycles. The van der Waals surface area contributed by atoms with Crippen molar-refractivity contribution in [3.05, 3.63) is 150 Å². The fraction of sp³-hybridized carbons (Fsp3) is 0.213. The Labute approximate surface area is 292 Å². The molecule has 0 radical (unpaired) electrons. The van der Waals surface area contributed by atoms with E-state index in [4.69, 9.17) is 4.42 Å². The van der Waals surface area contributed by atoms with Crippen molar-refractivity contribution in [1.29, 1.82) is 5.26 Å². The number of hydrogen-bond donors (Lipinski definition) is 0. The number of benzene rings is 6. The maximum atomic E-state index is 9.33. The van der Waals surface area contributed by atoms with Gasteiger partial charge in [-0.1, -0.05) is 78.9 Å². The van der Waals surface area contributed by atoms with Crippen molar-refractivity contribution in [2.75, 3.05) is 4.90 Å². The van der Waals surface area contributed by atoms with Gasteiger partial charge in [0.2, 0.25) is 0 Å². The number of fused-ring (bicyclic) bond motifs is 6. The first kappa shape index (κ1) is 28.3. The third-order valence-electron chi connectivity index (χ3n) is 12.9. The van der Waals surface area contributed by atoms with Gasteiger partial charge >= 0.3 is 0 Å². The largest absolute Gasteiger partial charge is 0.456 e. The quantitative estimate of drug-likeness (QED) is 0.191. The molecule has 7 aromatic rings. The summed E-state index contributed by atoms with van der Waals surface area (Å²) in [4.78, 5) is 2.46. The zero-order chi connectivity index (χ0) is 33.0. The number of para-hydroxylation sites is 1. The smallest absolute Gasteiger partial charge is 0.137 e. The number of nitrogens with zero attached hydrogens (tertiary/aromatic N) is 2. The fourth-order valence-corrected chi connectivity index (χ4v) is 11.2. The Hall–Kier alpha value is -5.59. The van der Waals surface area contributed by atoms with E-state index < -0.39 is 0 Å². The Balaban J connectivity index is 1.13. The van der Waals surface area contributed by atoms with Gasteiger partial charge in [0.15, 0.2) is 0 Å². The highest BCUT2D eigenvalue weighted by atomic mass is 16.3. The molecule has 0 amide bonds. The first-order valence-electron chi connectivity index (χ1n) is 18.2. The average molecular weight is 645 g/mol. The summed E-state index contributed by atoms with van der Waals surface area (Å²) in [6.07, 6.45) is 6.92. The van der Waals surface area contributed by atoms with Crippen molar-refractivity contribution in [1.82, 2.24) is 0 Å². The predicted molar refractivity (Wildman–Crippen MR) is 202 cm³/mol. The third-order valence-corrected chi connectivity index (χ3v) is 12.9. The molecular weight excluding hydrogens is 609 g/mol. The van der Waals surface area contributed by atoms with Crippen molar-refractivity contribution >= 4 is 39.0 Å². The Morgan fingerprint density at radius 2 is 1.22 bits per heavy atom. The minimum Gasteiger partial charge on any atom is -0.456 e. The van der Waals surface area contributed by atoms with Gasteiger partial charge in [-0.15, -0.1) is 0 Å². The van der Waals surface area contributed by atoms with Crippen LogP contribution in [-0.4, -0.2) is 0 Å². The molecule has 1 aromatic heterocycles. The van der Waals surface area contributed by atoms with E-state index in [0.29, 0.717) is 17.4 Å². The molecule has 3 nitrogen and oxygen atoms in total. The van der Waals surface area contributed by atoms with Crippen LogP contribution >= 0.6 is 0 Å². The first-order chi connectivity index (χ1) is 24.7. The van der Waals surface area contributed by atoms with E-state index in [1.807, 2.05) is 30.3 Å². The number of nitriles is 1. The van der Waals surface area contributed by atoms with E-state index in [1.54, 1.807) is 11.1 Å². The van der Waals surface area contributed by atoms with E-state index in [-0.39, 0.29) is 5.41 Å². The minimum absolute atomic E-state index is 0.0921. The molecule has 5 aliphatic rings. The molecule has 1 heterocycles. The van der Waals surface area contributed by atoms with Gasteiger partial charge in [-0.2, -0.15) is 5.26 Å². The van der Waals surface area contributed by atoms with Crippen LogP contribution in [-0.2, 0) is 5.41 Å². The lowest BCUT2D eigenvalue weighted by Crippen LogP contribution is -2.55. The molecule has 240 valence electrons. The molecule has 0 aliphatic heterocycles. The summed E-state index contributed by atoms with van der Waals surface area (Å²) >= 11 is 0. The molecule has 0 unspecified atom stereocenters. The number of furan rings is 1. The van der Waals surface area contributed by atoms with Crippen molar-refractivity contribution in [2.45, 2.75) is 37.5 Å². The van der Waals surface area contributed by atoms with Gasteiger partial charge < -0.3 is 9.32 Å². The molecular formula is C47H36N2O. The second kappa shape index (κ2) is 10.5. The molecule has 1 spiro atoms. The Morgan fingerprint density at radius 1 is 0.580 bits per heavy atom. The lowest BCUT2D eigenvalue weighted by Gasteiger charge is -2.61. The summed E-state index contributed by atoms with van der Waals surface area (Å²) in [5.41, 5.74) is 14.2. The average Bonchev–Trinajstić information content (AvgIpc) is 3.68.